The van der Waals surface area contributed by atoms with Crippen molar-refractivity contribution in [1.29, 1.82) is 0 Å². The molecule has 7 heteroatoms. The van der Waals surface area contributed by atoms with Crippen LogP contribution in [0.5, 0.6) is 0 Å². The van der Waals surface area contributed by atoms with E-state index in [1.165, 1.54) is 11.0 Å². The quantitative estimate of drug-likeness (QED) is 0.463. The van der Waals surface area contributed by atoms with E-state index >= 15 is 0 Å². The number of pyridine rings is 1. The van der Waals surface area contributed by atoms with Crippen LogP contribution in [0.1, 0.15) is 6.42 Å². The van der Waals surface area contributed by atoms with Crippen molar-refractivity contribution < 1.29 is 9.72 Å². The molecule has 6 nitrogen and oxygen atoms in total. The van der Waals surface area contributed by atoms with Crippen LogP contribution in [0.4, 0.5) is 11.5 Å². The van der Waals surface area contributed by atoms with Crippen molar-refractivity contribution in [3.8, 4) is 12.3 Å². The molecule has 2 heterocycles. The smallest absolute Gasteiger partial charge is 0.289 e. The largest absolute Gasteiger partial charge is 0.294 e. The Morgan fingerprint density at radius 2 is 2.39 bits per heavy atom. The van der Waals surface area contributed by atoms with Gasteiger partial charge in [-0.05, 0) is 0 Å². The van der Waals surface area contributed by atoms with E-state index in [1.54, 1.807) is 0 Å². The van der Waals surface area contributed by atoms with Gasteiger partial charge >= 0.3 is 0 Å². The fourth-order valence-electron chi connectivity index (χ4n) is 1.74. The second kappa shape index (κ2) is 4.63. The number of halogens is 1. The molecule has 2 rings (SSSR count). The first-order valence-corrected chi connectivity index (χ1v) is 5.47. The highest BCUT2D eigenvalue weighted by Crippen LogP contribution is 2.31. The average Bonchev–Trinajstić information content (AvgIpc) is 2.70. The van der Waals surface area contributed by atoms with Gasteiger partial charge in [-0.15, -0.1) is 12.3 Å². The third-order valence-corrected chi connectivity index (χ3v) is 2.91. The van der Waals surface area contributed by atoms with Crippen molar-refractivity contribution in [2.24, 2.45) is 5.92 Å². The lowest BCUT2D eigenvalue weighted by atomic mass is 10.1. The van der Waals surface area contributed by atoms with Crippen molar-refractivity contribution in [2.75, 3.05) is 11.4 Å². The van der Waals surface area contributed by atoms with Crippen LogP contribution in [0.25, 0.3) is 0 Å². The molecular formula is C11H8ClN3O3. The molecule has 1 aromatic heterocycles. The molecule has 1 fully saturated rings. The van der Waals surface area contributed by atoms with Crippen LogP contribution in [-0.4, -0.2) is 22.4 Å². The second-order valence-corrected chi connectivity index (χ2v) is 4.24. The number of amides is 1. The average molecular weight is 266 g/mol. The van der Waals surface area contributed by atoms with Crippen LogP contribution in [0, 0.1) is 28.4 Å². The Labute approximate surface area is 108 Å². The maximum atomic E-state index is 11.7. The summed E-state index contributed by atoms with van der Waals surface area (Å²) in [4.78, 5) is 26.9. The van der Waals surface area contributed by atoms with Crippen molar-refractivity contribution >= 4 is 29.0 Å². The number of rotatable bonds is 2. The lowest BCUT2D eigenvalue weighted by Gasteiger charge is -2.15. The number of carbonyl (C=O) groups is 1. The second-order valence-electron chi connectivity index (χ2n) is 3.83. The topological polar surface area (TPSA) is 76.3 Å². The van der Waals surface area contributed by atoms with Gasteiger partial charge in [0.2, 0.25) is 5.91 Å². The fourth-order valence-corrected chi connectivity index (χ4v) is 2.01. The zero-order chi connectivity index (χ0) is 13.3. The molecule has 0 bridgehead atoms. The summed E-state index contributed by atoms with van der Waals surface area (Å²) in [5.74, 6) is 2.36. The molecule has 1 unspecified atom stereocenters. The molecule has 1 saturated heterocycles. The molecule has 18 heavy (non-hydrogen) atoms. The Bertz CT molecular complexity index is 567. The van der Waals surface area contributed by atoms with E-state index < -0.39 is 4.92 Å². The highest BCUT2D eigenvalue weighted by Gasteiger charge is 2.31. The molecule has 1 aliphatic rings. The summed E-state index contributed by atoms with van der Waals surface area (Å²) in [5.41, 5.74) is -0.219. The molecule has 92 valence electrons. The number of nitro groups is 1. The van der Waals surface area contributed by atoms with Gasteiger partial charge in [-0.2, -0.15) is 0 Å². The number of nitrogens with zero attached hydrogens (tertiary/aromatic N) is 3. The highest BCUT2D eigenvalue weighted by molar-refractivity contribution is 6.33. The summed E-state index contributed by atoms with van der Waals surface area (Å²) >= 11 is 5.90. The molecule has 0 N–H and O–H groups in total. The van der Waals surface area contributed by atoms with Crippen molar-refractivity contribution in [1.82, 2.24) is 4.98 Å². The summed E-state index contributed by atoms with van der Waals surface area (Å²) in [6, 6.07) is 1.17. The van der Waals surface area contributed by atoms with Crippen LogP contribution >= 0.6 is 11.6 Å². The fraction of sp³-hybridized carbons (Fsp3) is 0.273. The Morgan fingerprint density at radius 1 is 1.67 bits per heavy atom. The van der Waals surface area contributed by atoms with Crippen LogP contribution < -0.4 is 4.90 Å². The first kappa shape index (κ1) is 12.3. The minimum Gasteiger partial charge on any atom is -0.294 e. The normalized spacial score (nSPS) is 18.8. The van der Waals surface area contributed by atoms with Gasteiger partial charge < -0.3 is 0 Å². The van der Waals surface area contributed by atoms with Crippen LogP contribution in [0.3, 0.4) is 0 Å². The number of anilines is 1. The lowest BCUT2D eigenvalue weighted by molar-refractivity contribution is -0.385. The van der Waals surface area contributed by atoms with E-state index in [2.05, 4.69) is 10.9 Å². The molecule has 0 spiro atoms. The van der Waals surface area contributed by atoms with Crippen molar-refractivity contribution in [2.45, 2.75) is 6.42 Å². The van der Waals surface area contributed by atoms with E-state index in [4.69, 9.17) is 18.0 Å². The number of aromatic nitrogens is 1. The monoisotopic (exact) mass is 265 g/mol. The summed E-state index contributed by atoms with van der Waals surface area (Å²) in [6.07, 6.45) is 6.58. The van der Waals surface area contributed by atoms with Gasteiger partial charge in [0, 0.05) is 24.9 Å². The molecule has 0 saturated carbocycles. The first-order valence-electron chi connectivity index (χ1n) is 5.09. The van der Waals surface area contributed by atoms with Gasteiger partial charge in [0.05, 0.1) is 9.95 Å². The van der Waals surface area contributed by atoms with E-state index in [-0.39, 0.29) is 34.8 Å². The first-order chi connectivity index (χ1) is 8.52. The lowest BCUT2D eigenvalue weighted by Crippen LogP contribution is -2.25. The van der Waals surface area contributed by atoms with Gasteiger partial charge in [0.1, 0.15) is 6.20 Å². The Kier molecular flexibility index (Phi) is 3.17. The predicted octanol–water partition coefficient (Wildman–Crippen LogP) is 1.63. The van der Waals surface area contributed by atoms with Crippen molar-refractivity contribution in [3.05, 3.63) is 27.4 Å². The van der Waals surface area contributed by atoms with Gasteiger partial charge in [0.15, 0.2) is 5.82 Å². The number of hydrogen-bond donors (Lipinski definition) is 0. The zero-order valence-corrected chi connectivity index (χ0v) is 9.92. The van der Waals surface area contributed by atoms with E-state index in [9.17, 15) is 14.9 Å². The molecule has 1 aliphatic heterocycles. The minimum absolute atomic E-state index is 0.0650. The van der Waals surface area contributed by atoms with Crippen molar-refractivity contribution in [3.63, 3.8) is 0 Å². The maximum Gasteiger partial charge on any atom is 0.289 e. The summed E-state index contributed by atoms with van der Waals surface area (Å²) in [6.45, 7) is 0.333. The third-order valence-electron chi connectivity index (χ3n) is 2.63. The minimum atomic E-state index is -0.599. The highest BCUT2D eigenvalue weighted by atomic mass is 35.5. The van der Waals surface area contributed by atoms with E-state index in [1.807, 2.05) is 0 Å². The zero-order valence-electron chi connectivity index (χ0n) is 9.17. The molecule has 1 amide bonds. The third kappa shape index (κ3) is 2.13. The summed E-state index contributed by atoms with van der Waals surface area (Å²) in [7, 11) is 0. The van der Waals surface area contributed by atoms with Crippen LogP contribution in [-0.2, 0) is 4.79 Å². The van der Waals surface area contributed by atoms with Gasteiger partial charge in [-0.25, -0.2) is 4.98 Å². The Balaban J connectivity index is 2.33. The van der Waals surface area contributed by atoms with Crippen LogP contribution in [0.2, 0.25) is 5.02 Å². The predicted molar refractivity (Wildman–Crippen MR) is 65.2 cm³/mol. The van der Waals surface area contributed by atoms with Gasteiger partial charge in [-0.3, -0.25) is 19.8 Å². The Hall–Kier alpha value is -2.13. The van der Waals surface area contributed by atoms with Crippen LogP contribution in [0.15, 0.2) is 12.3 Å². The number of hydrogen-bond acceptors (Lipinski definition) is 4. The summed E-state index contributed by atoms with van der Waals surface area (Å²) in [5, 5.41) is 10.6. The van der Waals surface area contributed by atoms with Gasteiger partial charge in [-0.1, -0.05) is 11.6 Å². The molecule has 0 aliphatic carbocycles. The SMILES string of the molecule is C#CC1CC(=O)N(c2ncc([N+](=O)[O-])cc2Cl)C1. The molecule has 1 aromatic rings. The van der Waals surface area contributed by atoms with E-state index in [0.717, 1.165) is 6.20 Å². The molecular weight excluding hydrogens is 258 g/mol. The Morgan fingerprint density at radius 3 is 2.89 bits per heavy atom. The van der Waals surface area contributed by atoms with Gasteiger partial charge in [0.25, 0.3) is 5.69 Å². The standard InChI is InChI=1S/C11H8ClN3O3/c1-2-7-3-10(16)14(6-7)11-9(12)4-8(5-13-11)15(17)18/h1,4-5,7H,3,6H2. The maximum absolute atomic E-state index is 11.7. The number of terminal acetylenes is 1. The molecule has 0 radical (unpaired) electrons. The molecule has 1 atom stereocenters. The number of carbonyl (C=O) groups excluding carboxylic acids is 1. The summed E-state index contributed by atoms with van der Waals surface area (Å²) < 4.78 is 0. The molecule has 0 aromatic carbocycles. The van der Waals surface area contributed by atoms with E-state index in [0.29, 0.717) is 6.54 Å².